The van der Waals surface area contributed by atoms with E-state index in [1.165, 1.54) is 38.5 Å². The Kier molecular flexibility index (Phi) is 8.52. The SMILES string of the molecule is [CH2]C(=O)CCCCCCCCC. The predicted octanol–water partition coefficient (Wildman–Crippen LogP) is 3.53. The van der Waals surface area contributed by atoms with Crippen LogP contribution in [0.2, 0.25) is 0 Å². The summed E-state index contributed by atoms with van der Waals surface area (Å²) in [5.41, 5.74) is 0. The van der Waals surface area contributed by atoms with E-state index in [0.717, 1.165) is 6.42 Å². The molecule has 0 aliphatic heterocycles. The van der Waals surface area contributed by atoms with Crippen molar-refractivity contribution in [1.82, 2.24) is 0 Å². The van der Waals surface area contributed by atoms with Gasteiger partial charge >= 0.3 is 0 Å². The van der Waals surface area contributed by atoms with Crippen molar-refractivity contribution in [3.05, 3.63) is 6.92 Å². The average molecular weight is 169 g/mol. The maximum atomic E-state index is 10.5. The molecule has 0 aliphatic rings. The van der Waals surface area contributed by atoms with Crippen molar-refractivity contribution in [2.24, 2.45) is 0 Å². The second-order valence-corrected chi connectivity index (χ2v) is 3.41. The predicted molar refractivity (Wildman–Crippen MR) is 53.0 cm³/mol. The molecule has 0 rings (SSSR count). The number of unbranched alkanes of at least 4 members (excludes halogenated alkanes) is 6. The van der Waals surface area contributed by atoms with Gasteiger partial charge in [0.15, 0.2) is 0 Å². The van der Waals surface area contributed by atoms with E-state index in [0.29, 0.717) is 6.42 Å². The summed E-state index contributed by atoms with van der Waals surface area (Å²) in [7, 11) is 0. The minimum absolute atomic E-state index is 0.0866. The number of rotatable bonds is 8. The highest BCUT2D eigenvalue weighted by molar-refractivity contribution is 5.82. The molecule has 0 unspecified atom stereocenters. The maximum absolute atomic E-state index is 10.5. The smallest absolute Gasteiger partial charge is 0.133 e. The quantitative estimate of drug-likeness (QED) is 0.508. The van der Waals surface area contributed by atoms with Crippen LogP contribution in [-0.2, 0) is 4.79 Å². The Labute approximate surface area is 76.6 Å². The van der Waals surface area contributed by atoms with E-state index in [9.17, 15) is 4.79 Å². The number of carbonyl (C=O) groups is 1. The molecule has 1 heteroatoms. The maximum Gasteiger partial charge on any atom is 0.133 e. The van der Waals surface area contributed by atoms with Crippen molar-refractivity contribution >= 4 is 5.78 Å². The Bertz CT molecular complexity index is 108. The van der Waals surface area contributed by atoms with Gasteiger partial charge in [0, 0.05) is 13.3 Å². The zero-order valence-electron chi connectivity index (χ0n) is 8.27. The van der Waals surface area contributed by atoms with E-state index < -0.39 is 0 Å². The van der Waals surface area contributed by atoms with E-state index >= 15 is 0 Å². The number of Topliss-reactive ketones (excluding diaryl/α,β-unsaturated/α-hetero) is 1. The summed E-state index contributed by atoms with van der Waals surface area (Å²) in [5, 5.41) is 0. The molecule has 0 amide bonds. The summed E-state index contributed by atoms with van der Waals surface area (Å²) >= 11 is 0. The van der Waals surface area contributed by atoms with Crippen molar-refractivity contribution in [3.8, 4) is 0 Å². The first-order chi connectivity index (χ1) is 5.77. The van der Waals surface area contributed by atoms with Crippen LogP contribution in [0.15, 0.2) is 0 Å². The number of hydrogen-bond donors (Lipinski definition) is 0. The van der Waals surface area contributed by atoms with Crippen molar-refractivity contribution in [2.75, 3.05) is 0 Å². The summed E-state index contributed by atoms with van der Waals surface area (Å²) in [6, 6.07) is 0. The van der Waals surface area contributed by atoms with Crippen LogP contribution in [0.1, 0.15) is 58.3 Å². The Morgan fingerprint density at radius 2 is 1.50 bits per heavy atom. The van der Waals surface area contributed by atoms with E-state index in [1.807, 2.05) is 0 Å². The topological polar surface area (TPSA) is 17.1 Å². The van der Waals surface area contributed by atoms with Crippen LogP contribution in [0, 0.1) is 6.92 Å². The Morgan fingerprint density at radius 3 is 2.00 bits per heavy atom. The molecule has 1 radical (unpaired) electrons. The molecule has 0 aromatic carbocycles. The second kappa shape index (κ2) is 8.76. The molecule has 0 aromatic heterocycles. The summed E-state index contributed by atoms with van der Waals surface area (Å²) in [4.78, 5) is 10.5. The van der Waals surface area contributed by atoms with Gasteiger partial charge in [0.2, 0.25) is 0 Å². The van der Waals surface area contributed by atoms with Gasteiger partial charge in [0.05, 0.1) is 0 Å². The monoisotopic (exact) mass is 169 g/mol. The van der Waals surface area contributed by atoms with Crippen molar-refractivity contribution in [1.29, 1.82) is 0 Å². The lowest BCUT2D eigenvalue weighted by Gasteiger charge is -1.98. The van der Waals surface area contributed by atoms with Gasteiger partial charge in [0.1, 0.15) is 5.78 Å². The fraction of sp³-hybridized carbons (Fsp3) is 0.818. The number of carbonyl (C=O) groups excluding carboxylic acids is 1. The lowest BCUT2D eigenvalue weighted by Crippen LogP contribution is -1.89. The fourth-order valence-corrected chi connectivity index (χ4v) is 1.28. The first-order valence-electron chi connectivity index (χ1n) is 5.12. The Morgan fingerprint density at radius 1 is 1.00 bits per heavy atom. The molecular formula is C11H21O. The molecule has 0 spiro atoms. The third kappa shape index (κ3) is 9.67. The van der Waals surface area contributed by atoms with Crippen LogP contribution >= 0.6 is 0 Å². The van der Waals surface area contributed by atoms with Crippen molar-refractivity contribution in [3.63, 3.8) is 0 Å². The van der Waals surface area contributed by atoms with Gasteiger partial charge < -0.3 is 0 Å². The molecule has 0 atom stereocenters. The number of ketones is 1. The zero-order chi connectivity index (χ0) is 9.23. The minimum atomic E-state index is 0.0866. The normalized spacial score (nSPS) is 10.2. The molecule has 0 saturated heterocycles. The lowest BCUT2D eigenvalue weighted by atomic mass is 10.1. The average Bonchev–Trinajstić information content (AvgIpc) is 2.02. The minimum Gasteiger partial charge on any atom is -0.300 e. The Balaban J connectivity index is 2.86. The molecule has 0 bridgehead atoms. The molecule has 0 fully saturated rings. The van der Waals surface area contributed by atoms with E-state index in [2.05, 4.69) is 13.8 Å². The van der Waals surface area contributed by atoms with Crippen LogP contribution in [-0.4, -0.2) is 5.78 Å². The third-order valence-corrected chi connectivity index (χ3v) is 2.06. The van der Waals surface area contributed by atoms with Gasteiger partial charge in [-0.25, -0.2) is 0 Å². The van der Waals surface area contributed by atoms with Gasteiger partial charge in [-0.05, 0) is 6.42 Å². The molecule has 0 N–H and O–H groups in total. The van der Waals surface area contributed by atoms with Crippen LogP contribution < -0.4 is 0 Å². The van der Waals surface area contributed by atoms with E-state index in [1.54, 1.807) is 0 Å². The largest absolute Gasteiger partial charge is 0.300 e. The Hall–Kier alpha value is -0.330. The van der Waals surface area contributed by atoms with Crippen LogP contribution in [0.4, 0.5) is 0 Å². The van der Waals surface area contributed by atoms with Crippen LogP contribution in [0.5, 0.6) is 0 Å². The van der Waals surface area contributed by atoms with E-state index in [4.69, 9.17) is 0 Å². The number of hydrogen-bond acceptors (Lipinski definition) is 1. The van der Waals surface area contributed by atoms with Gasteiger partial charge in [-0.3, -0.25) is 4.79 Å². The van der Waals surface area contributed by atoms with Gasteiger partial charge in [-0.15, -0.1) is 0 Å². The van der Waals surface area contributed by atoms with Crippen LogP contribution in [0.3, 0.4) is 0 Å². The van der Waals surface area contributed by atoms with Gasteiger partial charge in [-0.1, -0.05) is 45.4 Å². The highest BCUT2D eigenvalue weighted by Crippen LogP contribution is 2.08. The zero-order valence-corrected chi connectivity index (χ0v) is 8.27. The first-order valence-corrected chi connectivity index (χ1v) is 5.12. The lowest BCUT2D eigenvalue weighted by molar-refractivity contribution is -0.114. The van der Waals surface area contributed by atoms with E-state index in [-0.39, 0.29) is 5.78 Å². The molecule has 0 heterocycles. The molecule has 0 saturated carbocycles. The van der Waals surface area contributed by atoms with Gasteiger partial charge in [0.25, 0.3) is 0 Å². The highest BCUT2D eigenvalue weighted by Gasteiger charge is 1.93. The van der Waals surface area contributed by atoms with Crippen molar-refractivity contribution in [2.45, 2.75) is 58.3 Å². The summed E-state index contributed by atoms with van der Waals surface area (Å²) in [6.45, 7) is 5.57. The summed E-state index contributed by atoms with van der Waals surface area (Å²) < 4.78 is 0. The first kappa shape index (κ1) is 11.7. The van der Waals surface area contributed by atoms with Gasteiger partial charge in [-0.2, -0.15) is 0 Å². The highest BCUT2D eigenvalue weighted by atomic mass is 16.1. The second-order valence-electron chi connectivity index (χ2n) is 3.41. The van der Waals surface area contributed by atoms with Crippen molar-refractivity contribution < 1.29 is 4.79 Å². The summed E-state index contributed by atoms with van der Waals surface area (Å²) in [5.74, 6) is 0.0866. The molecule has 0 aromatic rings. The molecule has 12 heavy (non-hydrogen) atoms. The fourth-order valence-electron chi connectivity index (χ4n) is 1.28. The standard InChI is InChI=1S/C11H21O/c1-3-4-5-6-7-8-9-10-11(2)12/h2-10H2,1H3. The third-order valence-electron chi connectivity index (χ3n) is 2.06. The van der Waals surface area contributed by atoms with Crippen LogP contribution in [0.25, 0.3) is 0 Å². The molecular weight excluding hydrogens is 148 g/mol. The summed E-state index contributed by atoms with van der Waals surface area (Å²) in [6.07, 6.45) is 9.54. The molecule has 1 nitrogen and oxygen atoms in total. The molecule has 0 aliphatic carbocycles. The molecule has 71 valence electrons.